The van der Waals surface area contributed by atoms with Crippen molar-refractivity contribution in [3.8, 4) is 0 Å². The predicted molar refractivity (Wildman–Crippen MR) is 89.8 cm³/mol. The van der Waals surface area contributed by atoms with Crippen LogP contribution in [0.3, 0.4) is 0 Å². The lowest BCUT2D eigenvalue weighted by molar-refractivity contribution is -0.133. The lowest BCUT2D eigenvalue weighted by Crippen LogP contribution is -2.40. The van der Waals surface area contributed by atoms with Crippen molar-refractivity contribution < 1.29 is 23.5 Å². The fraction of sp³-hybridized carbons (Fsp3) is 0.333. The summed E-state index contributed by atoms with van der Waals surface area (Å²) in [6.45, 7) is 1.63. The molecule has 1 aliphatic rings. The molecule has 0 saturated heterocycles. The SMILES string of the molecule is Cc1occc1C(=O)Nc1cc(NC(=O)C2(O)CCCC2)ccc1F. The summed E-state index contributed by atoms with van der Waals surface area (Å²) < 4.78 is 19.0. The van der Waals surface area contributed by atoms with Crippen molar-refractivity contribution in [3.63, 3.8) is 0 Å². The van der Waals surface area contributed by atoms with Crippen LogP contribution in [-0.4, -0.2) is 22.5 Å². The highest BCUT2D eigenvalue weighted by atomic mass is 19.1. The third-order valence-corrected chi connectivity index (χ3v) is 4.43. The number of nitrogens with one attached hydrogen (secondary N) is 2. The smallest absolute Gasteiger partial charge is 0.259 e. The quantitative estimate of drug-likeness (QED) is 0.793. The van der Waals surface area contributed by atoms with Gasteiger partial charge in [-0.1, -0.05) is 0 Å². The summed E-state index contributed by atoms with van der Waals surface area (Å²) in [5, 5.41) is 15.3. The molecule has 2 aromatic rings. The number of carbonyl (C=O) groups is 2. The Hall–Kier alpha value is -2.67. The van der Waals surface area contributed by atoms with Crippen molar-refractivity contribution in [2.75, 3.05) is 10.6 Å². The second kappa shape index (κ2) is 6.68. The fourth-order valence-electron chi connectivity index (χ4n) is 2.94. The first-order chi connectivity index (χ1) is 11.9. The van der Waals surface area contributed by atoms with Crippen molar-refractivity contribution in [3.05, 3.63) is 47.7 Å². The average molecular weight is 346 g/mol. The minimum absolute atomic E-state index is 0.0678. The van der Waals surface area contributed by atoms with Gasteiger partial charge in [0.25, 0.3) is 11.8 Å². The predicted octanol–water partition coefficient (Wildman–Crippen LogP) is 3.22. The van der Waals surface area contributed by atoms with Crippen LogP contribution < -0.4 is 10.6 Å². The van der Waals surface area contributed by atoms with E-state index >= 15 is 0 Å². The maximum absolute atomic E-state index is 14.0. The van der Waals surface area contributed by atoms with E-state index in [1.165, 1.54) is 24.5 Å². The number of hydrogen-bond donors (Lipinski definition) is 3. The van der Waals surface area contributed by atoms with Crippen molar-refractivity contribution >= 4 is 23.2 Å². The number of hydrogen-bond acceptors (Lipinski definition) is 4. The van der Waals surface area contributed by atoms with Crippen LogP contribution in [0.15, 0.2) is 34.9 Å². The van der Waals surface area contributed by atoms with Gasteiger partial charge in [0, 0.05) is 5.69 Å². The van der Waals surface area contributed by atoms with Crippen molar-refractivity contribution in [1.29, 1.82) is 0 Å². The van der Waals surface area contributed by atoms with E-state index in [1.807, 2.05) is 0 Å². The fourth-order valence-corrected chi connectivity index (χ4v) is 2.94. The normalized spacial score (nSPS) is 15.8. The molecule has 1 aromatic heterocycles. The van der Waals surface area contributed by atoms with Crippen LogP contribution in [0.5, 0.6) is 0 Å². The molecule has 132 valence electrons. The summed E-state index contributed by atoms with van der Waals surface area (Å²) in [6.07, 6.45) is 3.77. The first kappa shape index (κ1) is 17.2. The third-order valence-electron chi connectivity index (χ3n) is 4.43. The number of carbonyl (C=O) groups excluding carboxylic acids is 2. The van der Waals surface area contributed by atoms with E-state index < -0.39 is 23.2 Å². The van der Waals surface area contributed by atoms with Gasteiger partial charge >= 0.3 is 0 Å². The number of aliphatic hydroxyl groups is 1. The molecule has 0 unspecified atom stereocenters. The number of furan rings is 1. The highest BCUT2D eigenvalue weighted by Gasteiger charge is 2.38. The highest BCUT2D eigenvalue weighted by molar-refractivity contribution is 6.05. The monoisotopic (exact) mass is 346 g/mol. The second-order valence-electron chi connectivity index (χ2n) is 6.23. The van der Waals surface area contributed by atoms with E-state index in [9.17, 15) is 19.1 Å². The lowest BCUT2D eigenvalue weighted by Gasteiger charge is -2.21. The van der Waals surface area contributed by atoms with Gasteiger partial charge < -0.3 is 20.2 Å². The zero-order valence-corrected chi connectivity index (χ0v) is 13.8. The summed E-state index contributed by atoms with van der Waals surface area (Å²) in [4.78, 5) is 24.4. The van der Waals surface area contributed by atoms with Crippen LogP contribution in [0.1, 0.15) is 41.8 Å². The van der Waals surface area contributed by atoms with Gasteiger partial charge in [-0.25, -0.2) is 4.39 Å². The van der Waals surface area contributed by atoms with Gasteiger partial charge in [-0.2, -0.15) is 0 Å². The topological polar surface area (TPSA) is 91.6 Å². The molecule has 0 radical (unpaired) electrons. The standard InChI is InChI=1S/C18H19FN2O4/c1-11-13(6-9-25-11)16(22)21-15-10-12(4-5-14(15)19)20-17(23)18(24)7-2-3-8-18/h4-6,9-10,24H,2-3,7-8H2,1H3,(H,20,23)(H,21,22). The van der Waals surface area contributed by atoms with Crippen LogP contribution in [0.25, 0.3) is 0 Å². The lowest BCUT2D eigenvalue weighted by atomic mass is 10.0. The molecule has 0 aliphatic heterocycles. The Balaban J connectivity index is 1.75. The van der Waals surface area contributed by atoms with Gasteiger partial charge in [-0.3, -0.25) is 9.59 Å². The van der Waals surface area contributed by atoms with Crippen LogP contribution in [0.4, 0.5) is 15.8 Å². The largest absolute Gasteiger partial charge is 0.469 e. The summed E-state index contributed by atoms with van der Waals surface area (Å²) >= 11 is 0. The maximum Gasteiger partial charge on any atom is 0.259 e. The molecule has 1 heterocycles. The van der Waals surface area contributed by atoms with Crippen molar-refractivity contribution in [2.24, 2.45) is 0 Å². The second-order valence-corrected chi connectivity index (χ2v) is 6.23. The molecule has 1 aromatic carbocycles. The van der Waals surface area contributed by atoms with Gasteiger partial charge in [-0.15, -0.1) is 0 Å². The summed E-state index contributed by atoms with van der Waals surface area (Å²) in [5.41, 5.74) is -0.854. The number of aryl methyl sites for hydroxylation is 1. The molecule has 0 bridgehead atoms. The van der Waals surface area contributed by atoms with Crippen LogP contribution in [0.2, 0.25) is 0 Å². The summed E-state index contributed by atoms with van der Waals surface area (Å²) in [7, 11) is 0. The van der Waals surface area contributed by atoms with Crippen molar-refractivity contribution in [2.45, 2.75) is 38.2 Å². The number of anilines is 2. The number of benzene rings is 1. The molecular formula is C18H19FN2O4. The molecule has 3 rings (SSSR count). The Morgan fingerprint density at radius 1 is 1.20 bits per heavy atom. The molecule has 6 nitrogen and oxygen atoms in total. The Labute approximate surface area is 144 Å². The highest BCUT2D eigenvalue weighted by Crippen LogP contribution is 2.31. The van der Waals surface area contributed by atoms with E-state index in [4.69, 9.17) is 4.42 Å². The van der Waals surface area contributed by atoms with E-state index in [0.29, 0.717) is 29.9 Å². The average Bonchev–Trinajstić information content (AvgIpc) is 3.20. The zero-order chi connectivity index (χ0) is 18.0. The molecule has 1 saturated carbocycles. The molecular weight excluding hydrogens is 327 g/mol. The van der Waals surface area contributed by atoms with Gasteiger partial charge in [-0.05, 0) is 56.9 Å². The van der Waals surface area contributed by atoms with E-state index in [2.05, 4.69) is 10.6 Å². The molecule has 1 fully saturated rings. The van der Waals surface area contributed by atoms with Gasteiger partial charge in [0.15, 0.2) is 0 Å². The number of amides is 2. The minimum atomic E-state index is -1.38. The first-order valence-corrected chi connectivity index (χ1v) is 8.08. The molecule has 3 N–H and O–H groups in total. The Morgan fingerprint density at radius 3 is 2.56 bits per heavy atom. The summed E-state index contributed by atoms with van der Waals surface area (Å²) in [6, 6.07) is 5.33. The van der Waals surface area contributed by atoms with Crippen LogP contribution >= 0.6 is 0 Å². The minimum Gasteiger partial charge on any atom is -0.469 e. The van der Waals surface area contributed by atoms with Gasteiger partial charge in [0.2, 0.25) is 0 Å². The van der Waals surface area contributed by atoms with E-state index in [0.717, 1.165) is 18.9 Å². The number of rotatable bonds is 4. The molecule has 7 heteroatoms. The van der Waals surface area contributed by atoms with Gasteiger partial charge in [0.05, 0.1) is 17.5 Å². The van der Waals surface area contributed by atoms with Crippen LogP contribution in [-0.2, 0) is 4.79 Å². The molecule has 0 atom stereocenters. The van der Waals surface area contributed by atoms with Gasteiger partial charge in [0.1, 0.15) is 17.2 Å². The molecule has 2 amide bonds. The number of halogens is 1. The Kier molecular flexibility index (Phi) is 4.59. The zero-order valence-electron chi connectivity index (χ0n) is 13.8. The Bertz CT molecular complexity index is 809. The maximum atomic E-state index is 14.0. The first-order valence-electron chi connectivity index (χ1n) is 8.08. The third kappa shape index (κ3) is 3.56. The molecule has 25 heavy (non-hydrogen) atoms. The van der Waals surface area contributed by atoms with E-state index in [1.54, 1.807) is 6.92 Å². The Morgan fingerprint density at radius 2 is 1.92 bits per heavy atom. The van der Waals surface area contributed by atoms with E-state index in [-0.39, 0.29) is 5.69 Å². The molecule has 1 aliphatic carbocycles. The molecule has 0 spiro atoms. The summed E-state index contributed by atoms with van der Waals surface area (Å²) in [5.74, 6) is -1.24. The van der Waals surface area contributed by atoms with Crippen molar-refractivity contribution in [1.82, 2.24) is 0 Å². The van der Waals surface area contributed by atoms with Crippen LogP contribution in [0, 0.1) is 12.7 Å².